The molecule has 1 aliphatic heterocycles. The van der Waals surface area contributed by atoms with E-state index in [1.54, 1.807) is 34.4 Å². The van der Waals surface area contributed by atoms with Crippen LogP contribution < -0.4 is 4.72 Å². The number of hydrogen-bond donors (Lipinski definition) is 1. The summed E-state index contributed by atoms with van der Waals surface area (Å²) < 4.78 is 40.4. The van der Waals surface area contributed by atoms with Gasteiger partial charge in [0.25, 0.3) is 5.91 Å². The number of nitrogens with zero attached hydrogens (tertiary/aromatic N) is 2. The monoisotopic (exact) mass is 497 g/mol. The van der Waals surface area contributed by atoms with E-state index in [0.717, 1.165) is 17.0 Å². The Labute approximate surface area is 203 Å². The van der Waals surface area contributed by atoms with Crippen LogP contribution in [0.4, 0.5) is 4.39 Å². The van der Waals surface area contributed by atoms with Crippen molar-refractivity contribution in [2.45, 2.75) is 11.4 Å². The lowest BCUT2D eigenvalue weighted by Gasteiger charge is -2.34. The molecule has 0 saturated carbocycles. The van der Waals surface area contributed by atoms with Crippen LogP contribution in [0.2, 0.25) is 0 Å². The van der Waals surface area contributed by atoms with E-state index in [1.165, 1.54) is 29.1 Å². The molecule has 0 aliphatic carbocycles. The molecule has 2 aromatic carbocycles. The average molecular weight is 498 g/mol. The number of nitrogens with one attached hydrogen (secondary N) is 1. The van der Waals surface area contributed by atoms with Crippen LogP contribution >= 0.6 is 11.3 Å². The maximum Gasteiger partial charge on any atom is 0.253 e. The van der Waals surface area contributed by atoms with Crippen LogP contribution in [0.25, 0.3) is 10.4 Å². The van der Waals surface area contributed by atoms with Crippen molar-refractivity contribution in [1.29, 1.82) is 0 Å². The number of carbonyl (C=O) groups excluding carboxylic acids is 1. The van der Waals surface area contributed by atoms with E-state index in [-0.39, 0.29) is 23.2 Å². The maximum atomic E-state index is 13.5. The number of amides is 1. The molecule has 1 aliphatic rings. The molecule has 0 atom stereocenters. The minimum Gasteiger partial charge on any atom is -0.336 e. The fraction of sp³-hybridized carbons (Fsp3) is 0.240. The van der Waals surface area contributed by atoms with Crippen LogP contribution in [0.1, 0.15) is 15.2 Å². The van der Waals surface area contributed by atoms with E-state index in [2.05, 4.69) is 21.6 Å². The van der Waals surface area contributed by atoms with E-state index in [0.29, 0.717) is 31.7 Å². The van der Waals surface area contributed by atoms with E-state index in [4.69, 9.17) is 6.42 Å². The summed E-state index contributed by atoms with van der Waals surface area (Å²) in [6, 6.07) is 16.6. The molecule has 1 aromatic heterocycles. The quantitative estimate of drug-likeness (QED) is 0.508. The Morgan fingerprint density at radius 2 is 1.82 bits per heavy atom. The molecule has 176 valence electrons. The van der Waals surface area contributed by atoms with Gasteiger partial charge in [-0.1, -0.05) is 24.1 Å². The number of thiophene rings is 1. The van der Waals surface area contributed by atoms with Crippen LogP contribution in [0.15, 0.2) is 65.6 Å². The van der Waals surface area contributed by atoms with Crippen LogP contribution in [-0.4, -0.2) is 56.8 Å². The predicted molar refractivity (Wildman–Crippen MR) is 131 cm³/mol. The number of hydrogen-bond acceptors (Lipinski definition) is 5. The van der Waals surface area contributed by atoms with Crippen LogP contribution in [-0.2, 0) is 16.6 Å². The normalized spacial score (nSPS) is 14.6. The minimum atomic E-state index is -3.76. The molecule has 0 bridgehead atoms. The second-order valence-electron chi connectivity index (χ2n) is 7.90. The first-order chi connectivity index (χ1) is 16.4. The largest absolute Gasteiger partial charge is 0.336 e. The third-order valence-electron chi connectivity index (χ3n) is 5.57. The third kappa shape index (κ3) is 5.72. The molecule has 4 rings (SSSR count). The number of benzene rings is 2. The van der Waals surface area contributed by atoms with Gasteiger partial charge in [-0.05, 0) is 48.0 Å². The van der Waals surface area contributed by atoms with Gasteiger partial charge in [0.15, 0.2) is 0 Å². The van der Waals surface area contributed by atoms with Crippen molar-refractivity contribution in [2.75, 3.05) is 32.7 Å². The van der Waals surface area contributed by atoms with E-state index in [9.17, 15) is 17.6 Å². The Morgan fingerprint density at radius 3 is 2.56 bits per heavy atom. The van der Waals surface area contributed by atoms with Crippen molar-refractivity contribution in [3.63, 3.8) is 0 Å². The van der Waals surface area contributed by atoms with Crippen LogP contribution in [0.5, 0.6) is 0 Å². The summed E-state index contributed by atoms with van der Waals surface area (Å²) in [6.45, 7) is 3.16. The summed E-state index contributed by atoms with van der Waals surface area (Å²) in [5, 5.41) is 0. The zero-order chi connectivity index (χ0) is 24.1. The molecule has 1 N–H and O–H groups in total. The molecule has 0 radical (unpaired) electrons. The van der Waals surface area contributed by atoms with Gasteiger partial charge in [-0.15, -0.1) is 17.8 Å². The van der Waals surface area contributed by atoms with Crippen LogP contribution in [0.3, 0.4) is 0 Å². The number of sulfonamides is 1. The first kappa shape index (κ1) is 24.1. The summed E-state index contributed by atoms with van der Waals surface area (Å²) in [5.74, 6) is 1.79. The molecule has 1 amide bonds. The second kappa shape index (κ2) is 10.5. The standard InChI is InChI=1S/C25H24FN3O3S2/c1-2-11-27-34(31,32)23-8-4-6-20(17-23)25(30)29-14-12-28(13-15-29)18-22-9-10-24(33-22)19-5-3-7-21(26)16-19/h1,3-10,16-17,27H,11-15,18H2. The zero-order valence-corrected chi connectivity index (χ0v) is 20.0. The number of terminal acetylenes is 1. The van der Waals surface area contributed by atoms with Crippen LogP contribution in [0, 0.1) is 18.2 Å². The summed E-state index contributed by atoms with van der Waals surface area (Å²) in [6.07, 6.45) is 5.13. The molecule has 0 spiro atoms. The maximum absolute atomic E-state index is 13.5. The smallest absolute Gasteiger partial charge is 0.253 e. The molecular formula is C25H24FN3O3S2. The lowest BCUT2D eigenvalue weighted by Crippen LogP contribution is -2.48. The van der Waals surface area contributed by atoms with Gasteiger partial charge in [-0.3, -0.25) is 9.69 Å². The summed E-state index contributed by atoms with van der Waals surface area (Å²) in [7, 11) is -3.76. The molecule has 34 heavy (non-hydrogen) atoms. The fourth-order valence-electron chi connectivity index (χ4n) is 3.79. The molecule has 0 unspecified atom stereocenters. The SMILES string of the molecule is C#CCNS(=O)(=O)c1cccc(C(=O)N2CCN(Cc3ccc(-c4cccc(F)c4)s3)CC2)c1. The van der Waals surface area contributed by atoms with Crippen molar-refractivity contribution in [3.8, 4) is 22.8 Å². The average Bonchev–Trinajstić information content (AvgIpc) is 3.31. The van der Waals surface area contributed by atoms with Crippen molar-refractivity contribution < 1.29 is 17.6 Å². The Morgan fingerprint density at radius 1 is 1.06 bits per heavy atom. The first-order valence-corrected chi connectivity index (χ1v) is 13.1. The Hall–Kier alpha value is -3.03. The first-order valence-electron chi connectivity index (χ1n) is 10.8. The van der Waals surface area contributed by atoms with E-state index >= 15 is 0 Å². The summed E-state index contributed by atoms with van der Waals surface area (Å²) >= 11 is 1.64. The highest BCUT2D eigenvalue weighted by atomic mass is 32.2. The Balaban J connectivity index is 1.35. The van der Waals surface area contributed by atoms with Crippen molar-refractivity contribution in [1.82, 2.24) is 14.5 Å². The molecule has 2 heterocycles. The molecule has 6 nitrogen and oxygen atoms in total. The number of rotatable bonds is 7. The second-order valence-corrected chi connectivity index (χ2v) is 10.8. The topological polar surface area (TPSA) is 69.7 Å². The molecular weight excluding hydrogens is 473 g/mol. The minimum absolute atomic E-state index is 0.0130. The molecule has 3 aromatic rings. The van der Waals surface area contributed by atoms with Crippen molar-refractivity contribution in [2.24, 2.45) is 0 Å². The van der Waals surface area contributed by atoms with Gasteiger partial charge in [0, 0.05) is 48.0 Å². The zero-order valence-electron chi connectivity index (χ0n) is 18.4. The number of carbonyl (C=O) groups is 1. The molecule has 9 heteroatoms. The van der Waals surface area contributed by atoms with Gasteiger partial charge < -0.3 is 4.90 Å². The van der Waals surface area contributed by atoms with Gasteiger partial charge in [0.2, 0.25) is 10.0 Å². The van der Waals surface area contributed by atoms with Gasteiger partial charge in [-0.2, -0.15) is 4.72 Å². The van der Waals surface area contributed by atoms with Gasteiger partial charge in [0.1, 0.15) is 5.82 Å². The highest BCUT2D eigenvalue weighted by molar-refractivity contribution is 7.89. The van der Waals surface area contributed by atoms with Crippen molar-refractivity contribution >= 4 is 27.3 Å². The van der Waals surface area contributed by atoms with Gasteiger partial charge in [0.05, 0.1) is 11.4 Å². The van der Waals surface area contributed by atoms with Gasteiger partial charge in [-0.25, -0.2) is 12.8 Å². The fourth-order valence-corrected chi connectivity index (χ4v) is 5.81. The van der Waals surface area contributed by atoms with E-state index < -0.39 is 10.0 Å². The lowest BCUT2D eigenvalue weighted by molar-refractivity contribution is 0.0629. The Bertz CT molecular complexity index is 1320. The summed E-state index contributed by atoms with van der Waals surface area (Å²) in [4.78, 5) is 19.2. The van der Waals surface area contributed by atoms with E-state index in [1.807, 2.05) is 12.1 Å². The highest BCUT2D eigenvalue weighted by Gasteiger charge is 2.24. The lowest BCUT2D eigenvalue weighted by atomic mass is 10.2. The van der Waals surface area contributed by atoms with Gasteiger partial charge >= 0.3 is 0 Å². The molecule has 1 fully saturated rings. The Kier molecular flexibility index (Phi) is 7.44. The highest BCUT2D eigenvalue weighted by Crippen LogP contribution is 2.29. The summed E-state index contributed by atoms with van der Waals surface area (Å²) in [5.41, 5.74) is 1.19. The molecule has 1 saturated heterocycles. The number of halogens is 1. The predicted octanol–water partition coefficient (Wildman–Crippen LogP) is 3.42. The third-order valence-corrected chi connectivity index (χ3v) is 8.08. The number of piperazine rings is 1. The van der Waals surface area contributed by atoms with Crippen molar-refractivity contribution in [3.05, 3.63) is 76.9 Å².